The molecule has 2 aromatic rings. The Morgan fingerprint density at radius 2 is 2.06 bits per heavy atom. The molecule has 0 radical (unpaired) electrons. The van der Waals surface area contributed by atoms with Crippen molar-refractivity contribution in [3.8, 4) is 17.6 Å². The standard InChI is InChI=1S/C14H13N3O/c1-10(16)13-7-6-12(9-17-13)18-14-5-3-2-4-11(14)8-15/h2-7,9-10H,16H2,1H3/t10-/m1/s1. The van der Waals surface area contributed by atoms with Crippen molar-refractivity contribution in [3.05, 3.63) is 53.9 Å². The van der Waals surface area contributed by atoms with Gasteiger partial charge in [0.05, 0.1) is 17.5 Å². The van der Waals surface area contributed by atoms with Gasteiger partial charge < -0.3 is 10.5 Å². The van der Waals surface area contributed by atoms with Crippen LogP contribution in [0.3, 0.4) is 0 Å². The second-order valence-electron chi connectivity index (χ2n) is 3.92. The summed E-state index contributed by atoms with van der Waals surface area (Å²) in [4.78, 5) is 4.20. The molecule has 0 saturated carbocycles. The molecular formula is C14H13N3O. The molecular weight excluding hydrogens is 226 g/mol. The second-order valence-corrected chi connectivity index (χ2v) is 3.92. The third-order valence-corrected chi connectivity index (χ3v) is 2.46. The number of para-hydroxylation sites is 1. The van der Waals surface area contributed by atoms with E-state index in [1.165, 1.54) is 0 Å². The zero-order valence-corrected chi connectivity index (χ0v) is 10.00. The topological polar surface area (TPSA) is 71.9 Å². The van der Waals surface area contributed by atoms with Gasteiger partial charge >= 0.3 is 0 Å². The van der Waals surface area contributed by atoms with Crippen molar-refractivity contribution in [1.82, 2.24) is 4.98 Å². The average Bonchev–Trinajstić information content (AvgIpc) is 2.40. The fraction of sp³-hybridized carbons (Fsp3) is 0.143. The maximum atomic E-state index is 8.95. The maximum absolute atomic E-state index is 8.95. The van der Waals surface area contributed by atoms with Crippen LogP contribution in [0, 0.1) is 11.3 Å². The van der Waals surface area contributed by atoms with E-state index in [-0.39, 0.29) is 6.04 Å². The molecule has 0 aliphatic heterocycles. The molecule has 0 aliphatic rings. The first-order chi connectivity index (χ1) is 8.70. The van der Waals surface area contributed by atoms with Gasteiger partial charge in [-0.1, -0.05) is 12.1 Å². The summed E-state index contributed by atoms with van der Waals surface area (Å²) >= 11 is 0. The van der Waals surface area contributed by atoms with Crippen LogP contribution < -0.4 is 10.5 Å². The SMILES string of the molecule is C[C@@H](N)c1ccc(Oc2ccccc2C#N)cn1. The third kappa shape index (κ3) is 2.65. The van der Waals surface area contributed by atoms with Crippen LogP contribution in [0.4, 0.5) is 0 Å². The lowest BCUT2D eigenvalue weighted by molar-refractivity contribution is 0.478. The van der Waals surface area contributed by atoms with Crippen LogP contribution in [-0.2, 0) is 0 Å². The fourth-order valence-corrected chi connectivity index (χ4v) is 1.50. The second kappa shape index (κ2) is 5.30. The van der Waals surface area contributed by atoms with Crippen LogP contribution in [0.2, 0.25) is 0 Å². The number of benzene rings is 1. The first kappa shape index (κ1) is 12.1. The largest absolute Gasteiger partial charge is 0.454 e. The summed E-state index contributed by atoms with van der Waals surface area (Å²) in [5, 5.41) is 8.95. The number of nitrogens with two attached hydrogens (primary N) is 1. The molecule has 2 rings (SSSR count). The van der Waals surface area contributed by atoms with Gasteiger partial charge in [-0.2, -0.15) is 5.26 Å². The van der Waals surface area contributed by atoms with E-state index in [9.17, 15) is 0 Å². The molecule has 90 valence electrons. The summed E-state index contributed by atoms with van der Waals surface area (Å²) in [7, 11) is 0. The number of hydrogen-bond acceptors (Lipinski definition) is 4. The monoisotopic (exact) mass is 239 g/mol. The lowest BCUT2D eigenvalue weighted by Crippen LogP contribution is -2.06. The minimum absolute atomic E-state index is 0.106. The lowest BCUT2D eigenvalue weighted by atomic mass is 10.2. The van der Waals surface area contributed by atoms with Crippen LogP contribution in [-0.4, -0.2) is 4.98 Å². The van der Waals surface area contributed by atoms with E-state index in [4.69, 9.17) is 15.7 Å². The van der Waals surface area contributed by atoms with Gasteiger partial charge in [-0.05, 0) is 31.2 Å². The first-order valence-electron chi connectivity index (χ1n) is 5.59. The summed E-state index contributed by atoms with van der Waals surface area (Å²) in [6.07, 6.45) is 1.60. The van der Waals surface area contributed by atoms with Crippen LogP contribution in [0.25, 0.3) is 0 Å². The van der Waals surface area contributed by atoms with E-state index in [0.29, 0.717) is 17.1 Å². The zero-order chi connectivity index (χ0) is 13.0. The normalized spacial score (nSPS) is 11.6. The zero-order valence-electron chi connectivity index (χ0n) is 10.00. The molecule has 1 heterocycles. The van der Waals surface area contributed by atoms with Gasteiger partial charge in [-0.25, -0.2) is 0 Å². The number of aromatic nitrogens is 1. The predicted octanol–water partition coefficient (Wildman–Crippen LogP) is 2.77. The molecule has 0 fully saturated rings. The Morgan fingerprint density at radius 3 is 2.67 bits per heavy atom. The Kier molecular flexibility index (Phi) is 3.56. The number of ether oxygens (including phenoxy) is 1. The number of rotatable bonds is 3. The summed E-state index contributed by atoms with van der Waals surface area (Å²) in [6, 6.07) is 12.6. The Morgan fingerprint density at radius 1 is 1.28 bits per heavy atom. The van der Waals surface area contributed by atoms with Gasteiger partial charge in [0, 0.05) is 6.04 Å². The van der Waals surface area contributed by atoms with Crippen LogP contribution in [0.15, 0.2) is 42.6 Å². The predicted molar refractivity (Wildman–Crippen MR) is 68.1 cm³/mol. The lowest BCUT2D eigenvalue weighted by Gasteiger charge is -2.08. The Balaban J connectivity index is 2.22. The van der Waals surface area contributed by atoms with Crippen molar-refractivity contribution < 1.29 is 4.74 Å². The van der Waals surface area contributed by atoms with Crippen molar-refractivity contribution in [1.29, 1.82) is 5.26 Å². The van der Waals surface area contributed by atoms with Crippen LogP contribution >= 0.6 is 0 Å². The summed E-state index contributed by atoms with van der Waals surface area (Å²) in [5.74, 6) is 1.11. The van der Waals surface area contributed by atoms with E-state index in [1.807, 2.05) is 19.1 Å². The van der Waals surface area contributed by atoms with Crippen LogP contribution in [0.1, 0.15) is 24.2 Å². The van der Waals surface area contributed by atoms with Crippen LogP contribution in [0.5, 0.6) is 11.5 Å². The van der Waals surface area contributed by atoms with Gasteiger partial charge in [-0.15, -0.1) is 0 Å². The quantitative estimate of drug-likeness (QED) is 0.893. The van der Waals surface area contributed by atoms with E-state index in [1.54, 1.807) is 30.5 Å². The minimum Gasteiger partial charge on any atom is -0.454 e. The summed E-state index contributed by atoms with van der Waals surface area (Å²) < 4.78 is 5.61. The van der Waals surface area contributed by atoms with E-state index >= 15 is 0 Å². The molecule has 4 nitrogen and oxygen atoms in total. The number of nitriles is 1. The molecule has 4 heteroatoms. The first-order valence-corrected chi connectivity index (χ1v) is 5.59. The van der Waals surface area contributed by atoms with Crippen molar-refractivity contribution in [2.45, 2.75) is 13.0 Å². The molecule has 1 aromatic heterocycles. The highest BCUT2D eigenvalue weighted by Crippen LogP contribution is 2.24. The third-order valence-electron chi connectivity index (χ3n) is 2.46. The van der Waals surface area contributed by atoms with Gasteiger partial charge in [0.1, 0.15) is 17.6 Å². The molecule has 1 aromatic carbocycles. The number of pyridine rings is 1. The Bertz CT molecular complexity index is 570. The van der Waals surface area contributed by atoms with Crippen molar-refractivity contribution in [2.24, 2.45) is 5.73 Å². The van der Waals surface area contributed by atoms with Crippen molar-refractivity contribution >= 4 is 0 Å². The molecule has 0 aliphatic carbocycles. The van der Waals surface area contributed by atoms with Gasteiger partial charge in [0.25, 0.3) is 0 Å². The highest BCUT2D eigenvalue weighted by molar-refractivity contribution is 5.44. The number of hydrogen-bond donors (Lipinski definition) is 1. The molecule has 1 atom stereocenters. The highest BCUT2D eigenvalue weighted by atomic mass is 16.5. The maximum Gasteiger partial charge on any atom is 0.145 e. The molecule has 2 N–H and O–H groups in total. The fourth-order valence-electron chi connectivity index (χ4n) is 1.50. The number of nitrogens with zero attached hydrogens (tertiary/aromatic N) is 2. The highest BCUT2D eigenvalue weighted by Gasteiger charge is 2.05. The Hall–Kier alpha value is -2.38. The minimum atomic E-state index is -0.106. The molecule has 0 spiro atoms. The van der Waals surface area contributed by atoms with E-state index in [2.05, 4.69) is 11.1 Å². The smallest absolute Gasteiger partial charge is 0.145 e. The average molecular weight is 239 g/mol. The summed E-state index contributed by atoms with van der Waals surface area (Å²) in [6.45, 7) is 1.87. The van der Waals surface area contributed by atoms with Gasteiger partial charge in [0.2, 0.25) is 0 Å². The van der Waals surface area contributed by atoms with Gasteiger partial charge in [-0.3, -0.25) is 4.98 Å². The Labute approximate surface area is 106 Å². The van der Waals surface area contributed by atoms with Crippen molar-refractivity contribution in [3.63, 3.8) is 0 Å². The molecule has 0 bridgehead atoms. The molecule has 18 heavy (non-hydrogen) atoms. The molecule has 0 saturated heterocycles. The van der Waals surface area contributed by atoms with Gasteiger partial charge in [0.15, 0.2) is 0 Å². The molecule has 0 unspecified atom stereocenters. The van der Waals surface area contributed by atoms with E-state index in [0.717, 1.165) is 5.69 Å². The van der Waals surface area contributed by atoms with E-state index < -0.39 is 0 Å². The summed E-state index contributed by atoms with van der Waals surface area (Å²) in [5.41, 5.74) is 7.01. The molecule has 0 amide bonds. The van der Waals surface area contributed by atoms with Crippen molar-refractivity contribution in [2.75, 3.05) is 0 Å².